The van der Waals surface area contributed by atoms with E-state index in [1.807, 2.05) is 0 Å². The Balaban J connectivity index is 2.72. The molecule has 0 radical (unpaired) electrons. The molecule has 2 atom stereocenters. The summed E-state index contributed by atoms with van der Waals surface area (Å²) < 4.78 is 11.9. The normalized spacial score (nSPS) is 13.2. The first-order chi connectivity index (χ1) is 9.79. The molecule has 0 saturated carbocycles. The van der Waals surface area contributed by atoms with E-state index in [0.29, 0.717) is 5.56 Å². The summed E-state index contributed by atoms with van der Waals surface area (Å²) in [6.45, 7) is 1.17. The van der Waals surface area contributed by atoms with E-state index < -0.39 is 33.6 Å². The van der Waals surface area contributed by atoms with Crippen LogP contribution >= 0.6 is 0 Å². The molecular weight excluding hydrogens is 300 g/mol. The average Bonchev–Trinajstić information content (AvgIpc) is 2.37. The van der Waals surface area contributed by atoms with E-state index in [4.69, 9.17) is 5.11 Å². The molecule has 8 nitrogen and oxygen atoms in total. The zero-order valence-electron chi connectivity index (χ0n) is 11.1. The van der Waals surface area contributed by atoms with Gasteiger partial charge in [0.2, 0.25) is 5.91 Å². The number of nitrogens with zero attached hydrogens (tertiary/aromatic N) is 1. The molecule has 2 N–H and O–H groups in total. The minimum absolute atomic E-state index is 0.0228. The molecule has 0 spiro atoms. The van der Waals surface area contributed by atoms with Crippen molar-refractivity contribution < 1.29 is 23.8 Å². The Kier molecular flexibility index (Phi) is 5.97. The number of carbonyl (C=O) groups is 2. The lowest BCUT2D eigenvalue weighted by molar-refractivity contribution is -0.384. The highest BCUT2D eigenvalue weighted by molar-refractivity contribution is 7.84. The smallest absolute Gasteiger partial charge is 0.327 e. The molecule has 1 rings (SSSR count). The number of carboxylic acid groups (broad SMARTS) is 1. The molecule has 1 aromatic carbocycles. The van der Waals surface area contributed by atoms with Crippen LogP contribution in [0, 0.1) is 10.1 Å². The maximum absolute atomic E-state index is 11.9. The summed E-state index contributed by atoms with van der Waals surface area (Å²) in [5.41, 5.74) is 0.343. The highest BCUT2D eigenvalue weighted by atomic mass is 32.2. The van der Waals surface area contributed by atoms with E-state index in [9.17, 15) is 23.9 Å². The number of carboxylic acids is 1. The number of aliphatic carboxylic acids is 1. The number of nitrogens with one attached hydrogen (secondary N) is 1. The van der Waals surface area contributed by atoms with Crippen LogP contribution in [0.3, 0.4) is 0 Å². The Morgan fingerprint density at radius 1 is 1.48 bits per heavy atom. The number of nitro benzene ring substituents is 1. The van der Waals surface area contributed by atoms with Crippen molar-refractivity contribution in [2.75, 3.05) is 5.75 Å². The minimum Gasteiger partial charge on any atom is -0.480 e. The van der Waals surface area contributed by atoms with E-state index in [-0.39, 0.29) is 17.2 Å². The third-order valence-corrected chi connectivity index (χ3v) is 3.84. The highest BCUT2D eigenvalue weighted by Crippen LogP contribution is 2.14. The van der Waals surface area contributed by atoms with E-state index >= 15 is 0 Å². The molecule has 1 aromatic rings. The Morgan fingerprint density at radius 2 is 2.14 bits per heavy atom. The van der Waals surface area contributed by atoms with Gasteiger partial charge >= 0.3 is 5.97 Å². The molecule has 0 aliphatic heterocycles. The van der Waals surface area contributed by atoms with E-state index in [1.54, 1.807) is 6.07 Å². The molecule has 0 fully saturated rings. The molecule has 0 saturated heterocycles. The van der Waals surface area contributed by atoms with Gasteiger partial charge < -0.3 is 10.4 Å². The molecule has 2 unspecified atom stereocenters. The summed E-state index contributed by atoms with van der Waals surface area (Å²) in [6.07, 6.45) is 0. The van der Waals surface area contributed by atoms with Crippen LogP contribution in [0.15, 0.2) is 24.3 Å². The highest BCUT2D eigenvalue weighted by Gasteiger charge is 2.21. The lowest BCUT2D eigenvalue weighted by Crippen LogP contribution is -2.43. The molecule has 0 bridgehead atoms. The zero-order valence-corrected chi connectivity index (χ0v) is 12.0. The third kappa shape index (κ3) is 5.69. The number of benzene rings is 1. The van der Waals surface area contributed by atoms with Crippen molar-refractivity contribution in [1.29, 1.82) is 0 Å². The second-order valence-electron chi connectivity index (χ2n) is 4.27. The van der Waals surface area contributed by atoms with Crippen LogP contribution in [-0.4, -0.2) is 37.9 Å². The number of rotatable bonds is 7. The summed E-state index contributed by atoms with van der Waals surface area (Å²) in [7, 11) is -1.58. The van der Waals surface area contributed by atoms with Gasteiger partial charge in [-0.1, -0.05) is 12.1 Å². The Hall–Kier alpha value is -2.29. The first-order valence-corrected chi connectivity index (χ1v) is 7.36. The fourth-order valence-electron chi connectivity index (χ4n) is 1.61. The Morgan fingerprint density at radius 3 is 2.67 bits per heavy atom. The zero-order chi connectivity index (χ0) is 16.0. The van der Waals surface area contributed by atoms with Crippen molar-refractivity contribution >= 4 is 28.4 Å². The molecule has 0 heterocycles. The second-order valence-corrected chi connectivity index (χ2v) is 5.77. The van der Waals surface area contributed by atoms with Gasteiger partial charge in [-0.05, 0) is 5.56 Å². The molecule has 21 heavy (non-hydrogen) atoms. The van der Waals surface area contributed by atoms with Crippen molar-refractivity contribution in [2.24, 2.45) is 0 Å². The van der Waals surface area contributed by atoms with E-state index in [0.717, 1.165) is 0 Å². The quantitative estimate of drug-likeness (QED) is 0.555. The van der Waals surface area contributed by atoms with Crippen LogP contribution in [-0.2, 0) is 26.1 Å². The maximum Gasteiger partial charge on any atom is 0.327 e. The number of nitro groups is 1. The number of amides is 1. The molecular formula is C12H14N2O6S. The summed E-state index contributed by atoms with van der Waals surface area (Å²) in [4.78, 5) is 31.9. The SMILES string of the molecule is CC(=O)NC(CS(=O)Cc1cccc([N+](=O)[O-])c1)C(=O)O. The number of hydrogen-bond acceptors (Lipinski definition) is 5. The Bertz CT molecular complexity index is 589. The molecule has 0 aliphatic rings. The molecule has 9 heteroatoms. The standard InChI is InChI=1S/C12H14N2O6S/c1-8(15)13-11(12(16)17)7-21(20)6-9-3-2-4-10(5-9)14(18)19/h2-5,11H,6-7H2,1H3,(H,13,15)(H,16,17). The second kappa shape index (κ2) is 7.48. The van der Waals surface area contributed by atoms with Crippen molar-refractivity contribution in [3.8, 4) is 0 Å². The summed E-state index contributed by atoms with van der Waals surface area (Å²) in [5.74, 6) is -2.10. The monoisotopic (exact) mass is 314 g/mol. The number of hydrogen-bond donors (Lipinski definition) is 2. The van der Waals surface area contributed by atoms with Gasteiger partial charge in [0.05, 0.1) is 10.7 Å². The molecule has 0 aromatic heterocycles. The van der Waals surface area contributed by atoms with E-state index in [2.05, 4.69) is 5.32 Å². The van der Waals surface area contributed by atoms with Crippen LogP contribution < -0.4 is 5.32 Å². The predicted molar refractivity (Wildman–Crippen MR) is 75.1 cm³/mol. The average molecular weight is 314 g/mol. The fourth-order valence-corrected chi connectivity index (χ4v) is 2.88. The van der Waals surface area contributed by atoms with Gasteiger partial charge in [-0.25, -0.2) is 4.79 Å². The van der Waals surface area contributed by atoms with Gasteiger partial charge in [0, 0.05) is 35.6 Å². The summed E-state index contributed by atoms with van der Waals surface area (Å²) in [5, 5.41) is 21.7. The lowest BCUT2D eigenvalue weighted by Gasteiger charge is -2.12. The van der Waals surface area contributed by atoms with Gasteiger partial charge in [-0.15, -0.1) is 0 Å². The van der Waals surface area contributed by atoms with Gasteiger partial charge in [-0.3, -0.25) is 19.1 Å². The number of non-ortho nitro benzene ring substituents is 1. The van der Waals surface area contributed by atoms with Crippen LogP contribution in [0.25, 0.3) is 0 Å². The van der Waals surface area contributed by atoms with Gasteiger partial charge in [0.15, 0.2) is 0 Å². The van der Waals surface area contributed by atoms with Crippen molar-refractivity contribution in [3.05, 3.63) is 39.9 Å². The topological polar surface area (TPSA) is 127 Å². The van der Waals surface area contributed by atoms with Crippen LogP contribution in [0.1, 0.15) is 12.5 Å². The maximum atomic E-state index is 11.9. The summed E-state index contributed by atoms with van der Waals surface area (Å²) in [6, 6.07) is 4.38. The lowest BCUT2D eigenvalue weighted by atomic mass is 10.2. The van der Waals surface area contributed by atoms with Gasteiger partial charge in [-0.2, -0.15) is 0 Å². The first-order valence-electron chi connectivity index (χ1n) is 5.88. The number of carbonyl (C=O) groups excluding carboxylic acids is 1. The first kappa shape index (κ1) is 16.8. The Labute approximate surface area is 122 Å². The van der Waals surface area contributed by atoms with Crippen LogP contribution in [0.2, 0.25) is 0 Å². The van der Waals surface area contributed by atoms with Crippen LogP contribution in [0.4, 0.5) is 5.69 Å². The van der Waals surface area contributed by atoms with Gasteiger partial charge in [0.1, 0.15) is 6.04 Å². The van der Waals surface area contributed by atoms with Crippen molar-refractivity contribution in [1.82, 2.24) is 5.32 Å². The van der Waals surface area contributed by atoms with Gasteiger partial charge in [0.25, 0.3) is 5.69 Å². The molecule has 114 valence electrons. The molecule has 0 aliphatic carbocycles. The largest absolute Gasteiger partial charge is 0.480 e. The van der Waals surface area contributed by atoms with Crippen molar-refractivity contribution in [2.45, 2.75) is 18.7 Å². The predicted octanol–water partition coefficient (Wildman–Crippen LogP) is 0.433. The summed E-state index contributed by atoms with van der Waals surface area (Å²) >= 11 is 0. The molecule has 1 amide bonds. The van der Waals surface area contributed by atoms with Crippen LogP contribution in [0.5, 0.6) is 0 Å². The third-order valence-electron chi connectivity index (χ3n) is 2.48. The fraction of sp³-hybridized carbons (Fsp3) is 0.333. The van der Waals surface area contributed by atoms with E-state index in [1.165, 1.54) is 25.1 Å². The van der Waals surface area contributed by atoms with Crippen molar-refractivity contribution in [3.63, 3.8) is 0 Å². The minimum atomic E-state index is -1.58.